The topological polar surface area (TPSA) is 84.9 Å². The van der Waals surface area contributed by atoms with Gasteiger partial charge in [0.05, 0.1) is 14.2 Å². The predicted molar refractivity (Wildman–Crippen MR) is 83.9 cm³/mol. The molecule has 146 valence electrons. The zero-order valence-corrected chi connectivity index (χ0v) is 14.6. The molecular formula is C16H11F4O6S-. The maximum Gasteiger partial charge on any atom is 0.211 e. The minimum absolute atomic E-state index is 0.135. The summed E-state index contributed by atoms with van der Waals surface area (Å²) in [5, 5.41) is 0. The Bertz CT molecular complexity index is 966. The normalized spacial score (nSPS) is 11.2. The van der Waals surface area contributed by atoms with Crippen molar-refractivity contribution in [2.24, 2.45) is 0 Å². The molecule has 0 aromatic heterocycles. The molecule has 11 heteroatoms. The second-order valence-corrected chi connectivity index (χ2v) is 6.25. The highest BCUT2D eigenvalue weighted by molar-refractivity contribution is 7.85. The molecule has 0 fully saturated rings. The van der Waals surface area contributed by atoms with Crippen molar-refractivity contribution < 1.29 is 44.7 Å². The Kier molecular flexibility index (Phi) is 5.66. The van der Waals surface area contributed by atoms with Crippen LogP contribution in [-0.2, 0) is 10.1 Å². The Labute approximate surface area is 151 Å². The second-order valence-electron chi connectivity index (χ2n) is 4.93. The van der Waals surface area contributed by atoms with Gasteiger partial charge in [-0.05, 0) is 17.7 Å². The van der Waals surface area contributed by atoms with Crippen molar-refractivity contribution >= 4 is 16.2 Å². The van der Waals surface area contributed by atoms with E-state index in [1.807, 2.05) is 0 Å². The van der Waals surface area contributed by atoms with Crippen LogP contribution in [0.4, 0.5) is 17.6 Å². The number of methoxy groups -OCH3 is 2. The molecule has 0 unspecified atom stereocenters. The summed E-state index contributed by atoms with van der Waals surface area (Å²) in [4.78, 5) is -2.29. The van der Waals surface area contributed by atoms with Gasteiger partial charge in [-0.3, -0.25) is 0 Å². The van der Waals surface area contributed by atoms with E-state index in [2.05, 4.69) is 6.58 Å². The van der Waals surface area contributed by atoms with Gasteiger partial charge in [-0.2, -0.15) is 8.78 Å². The van der Waals surface area contributed by atoms with Gasteiger partial charge in [0.2, 0.25) is 23.1 Å². The molecule has 0 heterocycles. The van der Waals surface area contributed by atoms with E-state index in [9.17, 15) is 30.5 Å². The Morgan fingerprint density at radius 2 is 1.37 bits per heavy atom. The first-order valence-electron chi connectivity index (χ1n) is 6.94. The van der Waals surface area contributed by atoms with Crippen molar-refractivity contribution in [1.82, 2.24) is 0 Å². The zero-order chi connectivity index (χ0) is 20.5. The number of hydrogen-bond acceptors (Lipinski definition) is 6. The summed E-state index contributed by atoms with van der Waals surface area (Å²) < 4.78 is 103. The maximum absolute atomic E-state index is 14.1. The lowest BCUT2D eigenvalue weighted by Gasteiger charge is -2.18. The predicted octanol–water partition coefficient (Wildman–Crippen LogP) is 3.60. The summed E-state index contributed by atoms with van der Waals surface area (Å²) in [6.45, 7) is 3.52. The molecule has 2 aromatic rings. The molecule has 0 aliphatic rings. The first-order valence-corrected chi connectivity index (χ1v) is 8.35. The van der Waals surface area contributed by atoms with E-state index in [-0.39, 0.29) is 11.5 Å². The molecule has 0 amide bonds. The molecule has 0 spiro atoms. The molecule has 0 aliphatic heterocycles. The fraction of sp³-hybridized carbons (Fsp3) is 0.125. The molecule has 0 aliphatic carbocycles. The number of halogens is 4. The number of benzene rings is 2. The molecule has 0 N–H and O–H groups in total. The minimum atomic E-state index is -5.83. The van der Waals surface area contributed by atoms with E-state index in [0.717, 1.165) is 0 Å². The van der Waals surface area contributed by atoms with Crippen molar-refractivity contribution in [3.8, 4) is 23.0 Å². The van der Waals surface area contributed by atoms with Crippen LogP contribution in [0.15, 0.2) is 23.6 Å². The first-order chi connectivity index (χ1) is 12.6. The van der Waals surface area contributed by atoms with Crippen molar-refractivity contribution in [2.75, 3.05) is 14.2 Å². The van der Waals surface area contributed by atoms with E-state index >= 15 is 0 Å². The van der Waals surface area contributed by atoms with Crippen molar-refractivity contribution in [3.63, 3.8) is 0 Å². The van der Waals surface area contributed by atoms with E-state index in [1.165, 1.54) is 32.4 Å². The Morgan fingerprint density at radius 3 is 1.70 bits per heavy atom. The van der Waals surface area contributed by atoms with Gasteiger partial charge >= 0.3 is 0 Å². The van der Waals surface area contributed by atoms with Gasteiger partial charge in [0.15, 0.2) is 23.1 Å². The minimum Gasteiger partial charge on any atom is -0.744 e. The Morgan fingerprint density at radius 1 is 0.926 bits per heavy atom. The highest BCUT2D eigenvalue weighted by atomic mass is 32.2. The Hall–Kier alpha value is -2.79. The third kappa shape index (κ3) is 3.69. The third-order valence-electron chi connectivity index (χ3n) is 3.36. The highest BCUT2D eigenvalue weighted by Crippen LogP contribution is 2.44. The Balaban J connectivity index is 2.75. The zero-order valence-electron chi connectivity index (χ0n) is 13.8. The van der Waals surface area contributed by atoms with Crippen molar-refractivity contribution in [3.05, 3.63) is 47.5 Å². The van der Waals surface area contributed by atoms with Gasteiger partial charge in [-0.1, -0.05) is 12.7 Å². The summed E-state index contributed by atoms with van der Waals surface area (Å²) in [6.07, 6.45) is 1.39. The van der Waals surface area contributed by atoms with Crippen molar-refractivity contribution in [1.29, 1.82) is 0 Å². The molecule has 0 bridgehead atoms. The van der Waals surface area contributed by atoms with Gasteiger partial charge in [-0.15, -0.1) is 0 Å². The molecule has 0 atom stereocenters. The first kappa shape index (κ1) is 20.5. The monoisotopic (exact) mass is 407 g/mol. The summed E-state index contributed by atoms with van der Waals surface area (Å²) in [6, 6.07) is 2.65. The van der Waals surface area contributed by atoms with Crippen LogP contribution >= 0.6 is 0 Å². The van der Waals surface area contributed by atoms with Gasteiger partial charge in [-0.25, -0.2) is 17.2 Å². The van der Waals surface area contributed by atoms with Crippen LogP contribution in [-0.4, -0.2) is 27.2 Å². The average Bonchev–Trinajstić information content (AvgIpc) is 2.62. The van der Waals surface area contributed by atoms with E-state index in [4.69, 9.17) is 14.2 Å². The number of rotatable bonds is 6. The van der Waals surface area contributed by atoms with Crippen LogP contribution in [0, 0.1) is 23.3 Å². The van der Waals surface area contributed by atoms with Gasteiger partial charge in [0.1, 0.15) is 15.0 Å². The van der Waals surface area contributed by atoms with Crippen LogP contribution in [0.3, 0.4) is 0 Å². The van der Waals surface area contributed by atoms with E-state index < -0.39 is 49.8 Å². The van der Waals surface area contributed by atoms with Crippen LogP contribution in [0.25, 0.3) is 6.08 Å². The number of hydrogen-bond donors (Lipinski definition) is 0. The fourth-order valence-electron chi connectivity index (χ4n) is 2.12. The second kappa shape index (κ2) is 7.45. The van der Waals surface area contributed by atoms with E-state index in [0.29, 0.717) is 5.56 Å². The number of ether oxygens (including phenoxy) is 3. The fourth-order valence-corrected chi connectivity index (χ4v) is 2.74. The van der Waals surface area contributed by atoms with E-state index in [1.54, 1.807) is 0 Å². The molecule has 2 rings (SSSR count). The van der Waals surface area contributed by atoms with Gasteiger partial charge in [0, 0.05) is 0 Å². The maximum atomic E-state index is 14.1. The van der Waals surface area contributed by atoms with Gasteiger partial charge in [0.25, 0.3) is 0 Å². The molecule has 27 heavy (non-hydrogen) atoms. The lowest BCUT2D eigenvalue weighted by atomic mass is 10.2. The highest BCUT2D eigenvalue weighted by Gasteiger charge is 2.31. The standard InChI is InChI=1S/C16H12F4O6S/c1-4-7-5-8(24-2)14(9(6-7)25-3)26-15-10(17)12(19)16(27(21,22)23)13(20)11(15)18/h4-6H,1H2,2-3H3,(H,21,22,23)/p-1. The largest absolute Gasteiger partial charge is 0.744 e. The molecule has 0 radical (unpaired) electrons. The lowest BCUT2D eigenvalue weighted by molar-refractivity contribution is 0.312. The van der Waals surface area contributed by atoms with Gasteiger partial charge < -0.3 is 18.8 Å². The van der Waals surface area contributed by atoms with Crippen LogP contribution < -0.4 is 14.2 Å². The summed E-state index contributed by atoms with van der Waals surface area (Å²) in [7, 11) is -3.48. The smallest absolute Gasteiger partial charge is 0.211 e. The molecule has 2 aromatic carbocycles. The molecular weight excluding hydrogens is 396 g/mol. The molecule has 0 saturated heterocycles. The summed E-state index contributed by atoms with van der Waals surface area (Å²) >= 11 is 0. The summed E-state index contributed by atoms with van der Waals surface area (Å²) in [5.74, 6) is -11.6. The third-order valence-corrected chi connectivity index (χ3v) is 4.21. The quantitative estimate of drug-likeness (QED) is 0.413. The van der Waals surface area contributed by atoms with Crippen LogP contribution in [0.5, 0.6) is 23.0 Å². The SMILES string of the molecule is C=Cc1cc(OC)c(Oc2c(F)c(F)c(S(=O)(=O)[O-])c(F)c2F)c(OC)c1. The van der Waals surface area contributed by atoms with Crippen molar-refractivity contribution in [2.45, 2.75) is 4.90 Å². The van der Waals surface area contributed by atoms with Crippen LogP contribution in [0.1, 0.15) is 5.56 Å². The summed E-state index contributed by atoms with van der Waals surface area (Å²) in [5.41, 5.74) is 0.460. The molecule has 6 nitrogen and oxygen atoms in total. The molecule has 0 saturated carbocycles. The lowest BCUT2D eigenvalue weighted by Crippen LogP contribution is -2.11. The van der Waals surface area contributed by atoms with Crippen LogP contribution in [0.2, 0.25) is 0 Å². The average molecular weight is 407 g/mol.